The van der Waals surface area contributed by atoms with Gasteiger partial charge in [0, 0.05) is 5.41 Å². The molecule has 3 rings (SSSR count). The van der Waals surface area contributed by atoms with Crippen molar-refractivity contribution in [1.82, 2.24) is 4.98 Å². The third-order valence-electron chi connectivity index (χ3n) is 4.70. The van der Waals surface area contributed by atoms with Crippen molar-refractivity contribution in [3.8, 4) is 0 Å². The molecule has 0 bridgehead atoms. The molecule has 1 saturated carbocycles. The molecule has 3 nitrogen and oxygen atoms in total. The lowest BCUT2D eigenvalue weighted by atomic mass is 9.69. The highest BCUT2D eigenvalue weighted by atomic mass is 32.1. The quantitative estimate of drug-likeness (QED) is 0.858. The maximum absolute atomic E-state index is 12.0. The van der Waals surface area contributed by atoms with Gasteiger partial charge in [-0.2, -0.15) is 0 Å². The van der Waals surface area contributed by atoms with Gasteiger partial charge in [0.1, 0.15) is 0 Å². The minimum Gasteiger partial charge on any atom is -0.481 e. The van der Waals surface area contributed by atoms with Gasteiger partial charge in [-0.15, -0.1) is 11.3 Å². The Bertz CT molecular complexity index is 705. The molecule has 1 aliphatic carbocycles. The topological polar surface area (TPSA) is 50.2 Å². The summed E-state index contributed by atoms with van der Waals surface area (Å²) in [5.74, 6) is -0.683. The average Bonchev–Trinajstić information content (AvgIpc) is 2.91. The Kier molecular flexibility index (Phi) is 3.76. The molecule has 1 aliphatic rings. The van der Waals surface area contributed by atoms with Crippen molar-refractivity contribution in [3.05, 3.63) is 28.8 Å². The molecule has 1 heterocycles. The minimum atomic E-state index is -0.710. The second-order valence-electron chi connectivity index (χ2n) is 7.40. The number of benzene rings is 1. The highest BCUT2D eigenvalue weighted by molar-refractivity contribution is 7.18. The second-order valence-corrected chi connectivity index (χ2v) is 8.43. The lowest BCUT2D eigenvalue weighted by Gasteiger charge is -2.33. The monoisotopic (exact) mass is 317 g/mol. The zero-order chi connectivity index (χ0) is 16.0. The summed E-state index contributed by atoms with van der Waals surface area (Å²) in [5, 5.41) is 10.9. The number of aliphatic carboxylic acids is 1. The molecule has 2 aromatic rings. The highest BCUT2D eigenvalue weighted by Gasteiger charge is 2.41. The number of hydrogen-bond acceptors (Lipinski definition) is 3. The molecule has 0 aliphatic heterocycles. The molecular formula is C18H23NO2S. The first-order valence-electron chi connectivity index (χ1n) is 7.98. The van der Waals surface area contributed by atoms with Crippen LogP contribution in [-0.2, 0) is 15.6 Å². The van der Waals surface area contributed by atoms with E-state index in [0.29, 0.717) is 0 Å². The van der Waals surface area contributed by atoms with Gasteiger partial charge in [-0.05, 0) is 30.5 Å². The number of carbonyl (C=O) groups is 1. The zero-order valence-electron chi connectivity index (χ0n) is 13.5. The van der Waals surface area contributed by atoms with E-state index in [-0.39, 0.29) is 5.41 Å². The Morgan fingerprint density at radius 1 is 1.23 bits per heavy atom. The van der Waals surface area contributed by atoms with Crippen LogP contribution in [0.15, 0.2) is 18.2 Å². The lowest BCUT2D eigenvalue weighted by molar-refractivity contribution is -0.145. The summed E-state index contributed by atoms with van der Waals surface area (Å²) in [6.45, 7) is 6.47. The first-order valence-corrected chi connectivity index (χ1v) is 8.79. The number of nitrogens with zero attached hydrogens (tertiary/aromatic N) is 1. The van der Waals surface area contributed by atoms with E-state index in [2.05, 4.69) is 26.8 Å². The molecule has 118 valence electrons. The van der Waals surface area contributed by atoms with Gasteiger partial charge in [-0.1, -0.05) is 46.1 Å². The fourth-order valence-corrected chi connectivity index (χ4v) is 4.33. The van der Waals surface area contributed by atoms with E-state index in [1.54, 1.807) is 11.3 Å². The van der Waals surface area contributed by atoms with E-state index in [4.69, 9.17) is 4.98 Å². The Labute approximate surface area is 135 Å². The Hall–Kier alpha value is -1.42. The largest absolute Gasteiger partial charge is 0.481 e. The summed E-state index contributed by atoms with van der Waals surface area (Å²) in [7, 11) is 0. The number of hydrogen-bond donors (Lipinski definition) is 1. The Balaban J connectivity index is 2.09. The minimum absolute atomic E-state index is 0.0270. The van der Waals surface area contributed by atoms with Crippen LogP contribution in [0.4, 0.5) is 0 Å². The van der Waals surface area contributed by atoms with Crippen LogP contribution in [0, 0.1) is 0 Å². The third-order valence-corrected chi connectivity index (χ3v) is 6.16. The van der Waals surface area contributed by atoms with Gasteiger partial charge >= 0.3 is 5.97 Å². The van der Waals surface area contributed by atoms with Crippen LogP contribution in [0.2, 0.25) is 0 Å². The van der Waals surface area contributed by atoms with Gasteiger partial charge in [0.25, 0.3) is 0 Å². The van der Waals surface area contributed by atoms with Crippen LogP contribution < -0.4 is 0 Å². The number of rotatable bonds is 2. The molecule has 0 spiro atoms. The average molecular weight is 317 g/mol. The van der Waals surface area contributed by atoms with Crippen molar-refractivity contribution in [2.24, 2.45) is 0 Å². The smallest absolute Gasteiger partial charge is 0.314 e. The summed E-state index contributed by atoms with van der Waals surface area (Å²) >= 11 is 1.71. The molecule has 1 fully saturated rings. The highest BCUT2D eigenvalue weighted by Crippen LogP contribution is 2.41. The van der Waals surface area contributed by atoms with Crippen molar-refractivity contribution in [2.45, 2.75) is 63.7 Å². The summed E-state index contributed by atoms with van der Waals surface area (Å²) < 4.78 is 1.14. The SMILES string of the molecule is CC(C)(C)c1nc2cc(C3(C(=O)O)CCCCC3)ccc2s1. The predicted molar refractivity (Wildman–Crippen MR) is 90.7 cm³/mol. The number of carboxylic acid groups (broad SMARTS) is 1. The summed E-state index contributed by atoms with van der Waals surface area (Å²) in [6, 6.07) is 6.07. The number of fused-ring (bicyclic) bond motifs is 1. The number of carboxylic acids is 1. The molecule has 22 heavy (non-hydrogen) atoms. The molecule has 0 radical (unpaired) electrons. The van der Waals surface area contributed by atoms with E-state index < -0.39 is 11.4 Å². The van der Waals surface area contributed by atoms with Crippen LogP contribution in [0.5, 0.6) is 0 Å². The standard InChI is InChI=1S/C18H23NO2S/c1-17(2,3)15-19-13-11-12(7-8-14(13)22-15)18(16(20)21)9-5-4-6-10-18/h7-8,11H,4-6,9-10H2,1-3H3,(H,20,21). The summed E-state index contributed by atoms with van der Waals surface area (Å²) in [4.78, 5) is 16.7. The zero-order valence-corrected chi connectivity index (χ0v) is 14.3. The van der Waals surface area contributed by atoms with Crippen molar-refractivity contribution < 1.29 is 9.90 Å². The van der Waals surface area contributed by atoms with Crippen LogP contribution >= 0.6 is 11.3 Å². The third kappa shape index (κ3) is 2.54. The molecule has 4 heteroatoms. The predicted octanol–water partition coefficient (Wildman–Crippen LogP) is 4.88. The summed E-state index contributed by atoms with van der Waals surface area (Å²) in [6.07, 6.45) is 4.61. The van der Waals surface area contributed by atoms with Gasteiger partial charge in [-0.3, -0.25) is 4.79 Å². The van der Waals surface area contributed by atoms with Gasteiger partial charge in [0.2, 0.25) is 0 Å². The van der Waals surface area contributed by atoms with Crippen molar-refractivity contribution in [3.63, 3.8) is 0 Å². The van der Waals surface area contributed by atoms with Crippen LogP contribution in [-0.4, -0.2) is 16.1 Å². The first-order chi connectivity index (χ1) is 10.3. The maximum atomic E-state index is 12.0. The first kappa shape index (κ1) is 15.5. The lowest BCUT2D eigenvalue weighted by Crippen LogP contribution is -2.37. The van der Waals surface area contributed by atoms with E-state index in [9.17, 15) is 9.90 Å². The van der Waals surface area contributed by atoms with E-state index in [1.807, 2.05) is 12.1 Å². The normalized spacial score (nSPS) is 18.5. The molecule has 0 saturated heterocycles. The van der Waals surface area contributed by atoms with E-state index in [0.717, 1.165) is 52.9 Å². The van der Waals surface area contributed by atoms with Crippen LogP contribution in [0.1, 0.15) is 63.4 Å². The second kappa shape index (κ2) is 5.34. The fourth-order valence-electron chi connectivity index (χ4n) is 3.33. The Morgan fingerprint density at radius 3 is 2.50 bits per heavy atom. The van der Waals surface area contributed by atoms with Gasteiger partial charge in [0.05, 0.1) is 20.6 Å². The maximum Gasteiger partial charge on any atom is 0.314 e. The molecule has 0 unspecified atom stereocenters. The fraction of sp³-hybridized carbons (Fsp3) is 0.556. The van der Waals surface area contributed by atoms with Crippen molar-refractivity contribution in [1.29, 1.82) is 0 Å². The molecule has 1 N–H and O–H groups in total. The molecule has 1 aromatic heterocycles. The van der Waals surface area contributed by atoms with Crippen molar-refractivity contribution >= 4 is 27.5 Å². The number of thiazole rings is 1. The number of aromatic nitrogens is 1. The van der Waals surface area contributed by atoms with Crippen LogP contribution in [0.25, 0.3) is 10.2 Å². The van der Waals surface area contributed by atoms with Crippen molar-refractivity contribution in [2.75, 3.05) is 0 Å². The van der Waals surface area contributed by atoms with E-state index in [1.165, 1.54) is 0 Å². The summed E-state index contributed by atoms with van der Waals surface area (Å²) in [5.41, 5.74) is 1.19. The Morgan fingerprint density at radius 2 is 1.91 bits per heavy atom. The molecular weight excluding hydrogens is 294 g/mol. The molecule has 1 aromatic carbocycles. The van der Waals surface area contributed by atoms with Gasteiger partial charge in [0.15, 0.2) is 0 Å². The van der Waals surface area contributed by atoms with Gasteiger partial charge < -0.3 is 5.11 Å². The van der Waals surface area contributed by atoms with E-state index >= 15 is 0 Å². The van der Waals surface area contributed by atoms with Gasteiger partial charge in [-0.25, -0.2) is 4.98 Å². The molecule has 0 atom stereocenters. The molecule has 0 amide bonds. The van der Waals surface area contributed by atoms with Crippen LogP contribution in [0.3, 0.4) is 0 Å².